The van der Waals surface area contributed by atoms with E-state index in [9.17, 15) is 0 Å². The van der Waals surface area contributed by atoms with Crippen molar-refractivity contribution >= 4 is 33.5 Å². The molecule has 0 spiro atoms. The summed E-state index contributed by atoms with van der Waals surface area (Å²) < 4.78 is 6.47. The van der Waals surface area contributed by atoms with Crippen LogP contribution in [0.2, 0.25) is 0 Å². The van der Waals surface area contributed by atoms with Gasteiger partial charge in [-0.25, -0.2) is 0 Å². The van der Waals surface area contributed by atoms with Gasteiger partial charge in [0.25, 0.3) is 0 Å². The summed E-state index contributed by atoms with van der Waals surface area (Å²) >= 11 is 3.46. The second-order valence-corrected chi connectivity index (χ2v) is 5.41. The molecule has 0 radical (unpaired) electrons. The first-order valence-corrected chi connectivity index (χ1v) is 6.94. The number of nitrogen functional groups attached to an aromatic ring is 1. The van der Waals surface area contributed by atoms with Crippen LogP contribution in [0.4, 0.5) is 17.6 Å². The summed E-state index contributed by atoms with van der Waals surface area (Å²) in [5.41, 5.74) is 7.63. The second-order valence-electron chi connectivity index (χ2n) is 4.56. The molecule has 0 bridgehead atoms. The van der Waals surface area contributed by atoms with Crippen LogP contribution in [0, 0.1) is 6.92 Å². The van der Waals surface area contributed by atoms with Gasteiger partial charge in [0.15, 0.2) is 0 Å². The number of rotatable bonds is 4. The van der Waals surface area contributed by atoms with Gasteiger partial charge in [0.05, 0.1) is 6.10 Å². The standard InChI is InChI=1S/C13H16BrN5O/c1-7(2)20-13-18-11(15)17-12(19-13)16-9-4-5-10(14)8(3)6-9/h4-7H,1-3H3,(H3,15,16,17,18,19). The minimum absolute atomic E-state index is 0.0282. The average molecular weight is 338 g/mol. The molecule has 0 aliphatic heterocycles. The number of halogens is 1. The van der Waals surface area contributed by atoms with Gasteiger partial charge in [-0.05, 0) is 44.5 Å². The summed E-state index contributed by atoms with van der Waals surface area (Å²) in [5.74, 6) is 0.474. The minimum Gasteiger partial charge on any atom is -0.461 e. The zero-order valence-corrected chi connectivity index (χ0v) is 13.1. The van der Waals surface area contributed by atoms with E-state index in [2.05, 4.69) is 36.2 Å². The fraction of sp³-hybridized carbons (Fsp3) is 0.308. The summed E-state index contributed by atoms with van der Waals surface area (Å²) in [7, 11) is 0. The van der Waals surface area contributed by atoms with Crippen LogP contribution in [0.15, 0.2) is 22.7 Å². The van der Waals surface area contributed by atoms with Crippen molar-refractivity contribution in [2.24, 2.45) is 0 Å². The molecule has 20 heavy (non-hydrogen) atoms. The Morgan fingerprint density at radius 1 is 1.25 bits per heavy atom. The molecule has 6 nitrogen and oxygen atoms in total. The molecule has 3 N–H and O–H groups in total. The summed E-state index contributed by atoms with van der Waals surface area (Å²) in [6.45, 7) is 5.79. The molecule has 0 aliphatic rings. The van der Waals surface area contributed by atoms with Crippen molar-refractivity contribution in [1.29, 1.82) is 0 Å². The lowest BCUT2D eigenvalue weighted by atomic mass is 10.2. The molecule has 1 heterocycles. The van der Waals surface area contributed by atoms with E-state index in [0.29, 0.717) is 5.95 Å². The van der Waals surface area contributed by atoms with Crippen LogP contribution in [0.25, 0.3) is 0 Å². The number of nitrogens with one attached hydrogen (secondary N) is 1. The Bertz CT molecular complexity index is 618. The van der Waals surface area contributed by atoms with Crippen molar-refractivity contribution in [3.05, 3.63) is 28.2 Å². The number of nitrogens with two attached hydrogens (primary N) is 1. The molecule has 106 valence electrons. The second kappa shape index (κ2) is 6.04. The van der Waals surface area contributed by atoms with Crippen molar-refractivity contribution in [3.8, 4) is 6.01 Å². The summed E-state index contributed by atoms with van der Waals surface area (Å²) in [6, 6.07) is 6.06. The molecule has 0 aliphatic carbocycles. The van der Waals surface area contributed by atoms with Gasteiger partial charge in [-0.2, -0.15) is 15.0 Å². The molecular weight excluding hydrogens is 322 g/mol. The maximum Gasteiger partial charge on any atom is 0.323 e. The number of ether oxygens (including phenoxy) is 1. The van der Waals surface area contributed by atoms with Crippen LogP contribution in [-0.4, -0.2) is 21.1 Å². The topological polar surface area (TPSA) is 86.0 Å². The van der Waals surface area contributed by atoms with Crippen LogP contribution >= 0.6 is 15.9 Å². The van der Waals surface area contributed by atoms with Crippen LogP contribution in [0.5, 0.6) is 6.01 Å². The van der Waals surface area contributed by atoms with Crippen LogP contribution in [-0.2, 0) is 0 Å². The predicted molar refractivity (Wildman–Crippen MR) is 82.2 cm³/mol. The molecule has 2 aromatic rings. The SMILES string of the molecule is Cc1cc(Nc2nc(N)nc(OC(C)C)n2)ccc1Br. The molecule has 0 saturated carbocycles. The van der Waals surface area contributed by atoms with Crippen LogP contribution < -0.4 is 15.8 Å². The van der Waals surface area contributed by atoms with Gasteiger partial charge in [0, 0.05) is 10.2 Å². The van der Waals surface area contributed by atoms with Gasteiger partial charge in [0.1, 0.15) is 0 Å². The molecule has 1 aromatic heterocycles. The molecular formula is C13H16BrN5O. The first-order chi connectivity index (χ1) is 9.44. The zero-order chi connectivity index (χ0) is 14.7. The van der Waals surface area contributed by atoms with E-state index in [1.165, 1.54) is 0 Å². The lowest BCUT2D eigenvalue weighted by Gasteiger charge is -2.10. The van der Waals surface area contributed by atoms with Gasteiger partial charge >= 0.3 is 6.01 Å². The quantitative estimate of drug-likeness (QED) is 0.891. The van der Waals surface area contributed by atoms with Gasteiger partial charge in [0.2, 0.25) is 11.9 Å². The third-order valence-electron chi connectivity index (χ3n) is 2.39. The van der Waals surface area contributed by atoms with E-state index in [4.69, 9.17) is 10.5 Å². The summed E-state index contributed by atoms with van der Waals surface area (Å²) in [6.07, 6.45) is -0.0282. The maximum absolute atomic E-state index is 5.65. The number of benzene rings is 1. The lowest BCUT2D eigenvalue weighted by Crippen LogP contribution is -2.11. The highest BCUT2D eigenvalue weighted by atomic mass is 79.9. The van der Waals surface area contributed by atoms with E-state index in [1.807, 2.05) is 39.0 Å². The van der Waals surface area contributed by atoms with Crippen molar-refractivity contribution in [2.75, 3.05) is 11.1 Å². The van der Waals surface area contributed by atoms with E-state index < -0.39 is 0 Å². The molecule has 0 amide bonds. The Balaban J connectivity index is 2.24. The van der Waals surface area contributed by atoms with Crippen molar-refractivity contribution < 1.29 is 4.74 Å². The third kappa shape index (κ3) is 3.80. The zero-order valence-electron chi connectivity index (χ0n) is 11.5. The number of hydrogen-bond acceptors (Lipinski definition) is 6. The number of aromatic nitrogens is 3. The minimum atomic E-state index is -0.0282. The van der Waals surface area contributed by atoms with Crippen molar-refractivity contribution in [1.82, 2.24) is 15.0 Å². The van der Waals surface area contributed by atoms with Gasteiger partial charge in [-0.3, -0.25) is 0 Å². The Hall–Kier alpha value is -1.89. The third-order valence-corrected chi connectivity index (χ3v) is 3.28. The smallest absolute Gasteiger partial charge is 0.323 e. The van der Waals surface area contributed by atoms with Crippen LogP contribution in [0.3, 0.4) is 0 Å². The number of nitrogens with zero attached hydrogens (tertiary/aromatic N) is 3. The van der Waals surface area contributed by atoms with Gasteiger partial charge in [-0.1, -0.05) is 15.9 Å². The number of hydrogen-bond donors (Lipinski definition) is 2. The van der Waals surface area contributed by atoms with Crippen molar-refractivity contribution in [2.45, 2.75) is 26.9 Å². The first kappa shape index (κ1) is 14.5. The van der Waals surface area contributed by atoms with Crippen molar-refractivity contribution in [3.63, 3.8) is 0 Å². The average Bonchev–Trinajstić information content (AvgIpc) is 2.32. The normalized spacial score (nSPS) is 10.7. The van der Waals surface area contributed by atoms with Crippen LogP contribution in [0.1, 0.15) is 19.4 Å². The van der Waals surface area contributed by atoms with Gasteiger partial charge in [-0.15, -0.1) is 0 Å². The molecule has 0 unspecified atom stereocenters. The molecule has 0 fully saturated rings. The van der Waals surface area contributed by atoms with E-state index >= 15 is 0 Å². The molecule has 7 heteroatoms. The highest BCUT2D eigenvalue weighted by Gasteiger charge is 2.08. The summed E-state index contributed by atoms with van der Waals surface area (Å²) in [4.78, 5) is 12.1. The molecule has 1 aromatic carbocycles. The van der Waals surface area contributed by atoms with E-state index in [-0.39, 0.29) is 18.1 Å². The molecule has 2 rings (SSSR count). The Morgan fingerprint density at radius 3 is 2.65 bits per heavy atom. The number of aryl methyl sites for hydroxylation is 1. The van der Waals surface area contributed by atoms with E-state index in [1.54, 1.807) is 0 Å². The Morgan fingerprint density at radius 2 is 2.00 bits per heavy atom. The Kier molecular flexibility index (Phi) is 4.39. The monoisotopic (exact) mass is 337 g/mol. The van der Waals surface area contributed by atoms with Gasteiger partial charge < -0.3 is 15.8 Å². The highest BCUT2D eigenvalue weighted by molar-refractivity contribution is 9.10. The highest BCUT2D eigenvalue weighted by Crippen LogP contribution is 2.22. The van der Waals surface area contributed by atoms with E-state index in [0.717, 1.165) is 15.7 Å². The number of anilines is 3. The maximum atomic E-state index is 5.65. The molecule has 0 saturated heterocycles. The molecule has 0 atom stereocenters. The summed E-state index contributed by atoms with van der Waals surface area (Å²) in [5, 5.41) is 3.08. The Labute approximate surface area is 125 Å². The largest absolute Gasteiger partial charge is 0.461 e. The fourth-order valence-corrected chi connectivity index (χ4v) is 1.79. The fourth-order valence-electron chi connectivity index (χ4n) is 1.54. The first-order valence-electron chi connectivity index (χ1n) is 6.15. The predicted octanol–water partition coefficient (Wildman–Crippen LogP) is 3.06. The lowest BCUT2D eigenvalue weighted by molar-refractivity contribution is 0.222.